The van der Waals surface area contributed by atoms with Gasteiger partial charge in [-0.3, -0.25) is 14.2 Å². The van der Waals surface area contributed by atoms with E-state index in [4.69, 9.17) is 0 Å². The monoisotopic (exact) mass is 353 g/mol. The Morgan fingerprint density at radius 1 is 1.48 bits per heavy atom. The van der Waals surface area contributed by atoms with Crippen LogP contribution in [0.4, 0.5) is 0 Å². The van der Waals surface area contributed by atoms with Gasteiger partial charge < -0.3 is 5.32 Å². The van der Waals surface area contributed by atoms with Crippen LogP contribution < -0.4 is 5.32 Å². The molecule has 2 aromatic rings. The summed E-state index contributed by atoms with van der Waals surface area (Å²) in [6.45, 7) is 6.46. The summed E-state index contributed by atoms with van der Waals surface area (Å²) in [6, 6.07) is -0.0448. The van der Waals surface area contributed by atoms with Crippen LogP contribution in [0.2, 0.25) is 0 Å². The van der Waals surface area contributed by atoms with Crippen molar-refractivity contribution in [3.63, 3.8) is 0 Å². The highest BCUT2D eigenvalue weighted by molar-refractivity contribution is 9.10. The number of hydrogen-bond acceptors (Lipinski definition) is 3. The van der Waals surface area contributed by atoms with Crippen LogP contribution in [0.25, 0.3) is 0 Å². The largest absolute Gasteiger partial charge is 0.349 e. The van der Waals surface area contributed by atoms with Crippen molar-refractivity contribution in [3.8, 4) is 0 Å². The fourth-order valence-corrected chi connectivity index (χ4v) is 2.59. The van der Waals surface area contributed by atoms with Crippen molar-refractivity contribution in [2.45, 2.75) is 39.8 Å². The molecule has 0 aliphatic carbocycles. The molecule has 21 heavy (non-hydrogen) atoms. The van der Waals surface area contributed by atoms with Crippen LogP contribution in [-0.4, -0.2) is 25.5 Å². The van der Waals surface area contributed by atoms with E-state index in [1.165, 1.54) is 0 Å². The van der Waals surface area contributed by atoms with Crippen LogP contribution in [0, 0.1) is 13.8 Å². The van der Waals surface area contributed by atoms with Gasteiger partial charge in [0.15, 0.2) is 0 Å². The summed E-state index contributed by atoms with van der Waals surface area (Å²) >= 11 is 3.41. The maximum Gasteiger partial charge on any atom is 0.222 e. The molecule has 1 amide bonds. The predicted molar refractivity (Wildman–Crippen MR) is 83.8 cm³/mol. The third kappa shape index (κ3) is 3.72. The Kier molecular flexibility index (Phi) is 4.82. The van der Waals surface area contributed by atoms with Crippen molar-refractivity contribution in [2.75, 3.05) is 0 Å². The van der Waals surface area contributed by atoms with E-state index < -0.39 is 0 Å². The number of carbonyl (C=O) groups excluding carboxylic acids is 1. The van der Waals surface area contributed by atoms with Crippen LogP contribution >= 0.6 is 15.9 Å². The van der Waals surface area contributed by atoms with Crippen molar-refractivity contribution in [3.05, 3.63) is 33.8 Å². The third-order valence-corrected chi connectivity index (χ3v) is 4.27. The lowest BCUT2D eigenvalue weighted by Gasteiger charge is -2.13. The van der Waals surface area contributed by atoms with Gasteiger partial charge in [0.25, 0.3) is 0 Å². The summed E-state index contributed by atoms with van der Waals surface area (Å²) in [5.74, 6) is 0.0109. The Morgan fingerprint density at radius 2 is 2.19 bits per heavy atom. The van der Waals surface area contributed by atoms with Gasteiger partial charge in [0.05, 0.1) is 22.4 Å². The van der Waals surface area contributed by atoms with Crippen LogP contribution in [0.5, 0.6) is 0 Å². The van der Waals surface area contributed by atoms with Crippen molar-refractivity contribution in [1.29, 1.82) is 0 Å². The minimum absolute atomic E-state index is 0.0109. The van der Waals surface area contributed by atoms with Crippen LogP contribution in [0.1, 0.15) is 36.3 Å². The molecule has 114 valence electrons. The molecule has 2 heterocycles. The SMILES string of the molecule is Cc1nn(C)cc1C(C)NC(=O)CCn1ncc(Br)c1C. The lowest BCUT2D eigenvalue weighted by molar-refractivity contribution is -0.122. The highest BCUT2D eigenvalue weighted by Crippen LogP contribution is 2.16. The van der Waals surface area contributed by atoms with E-state index in [1.807, 2.05) is 38.7 Å². The van der Waals surface area contributed by atoms with E-state index in [0.29, 0.717) is 13.0 Å². The van der Waals surface area contributed by atoms with Gasteiger partial charge in [-0.15, -0.1) is 0 Å². The highest BCUT2D eigenvalue weighted by Gasteiger charge is 2.14. The van der Waals surface area contributed by atoms with E-state index in [2.05, 4.69) is 31.4 Å². The molecule has 2 aromatic heterocycles. The van der Waals surface area contributed by atoms with Crippen LogP contribution in [0.15, 0.2) is 16.9 Å². The first kappa shape index (κ1) is 15.8. The second kappa shape index (κ2) is 6.43. The zero-order chi connectivity index (χ0) is 15.6. The summed E-state index contributed by atoms with van der Waals surface area (Å²) in [6.07, 6.45) is 4.09. The number of carbonyl (C=O) groups is 1. The molecule has 1 unspecified atom stereocenters. The molecule has 0 aliphatic rings. The molecule has 7 heteroatoms. The van der Waals surface area contributed by atoms with E-state index >= 15 is 0 Å². The summed E-state index contributed by atoms with van der Waals surface area (Å²) in [5.41, 5.74) is 3.01. The third-order valence-electron chi connectivity index (χ3n) is 3.49. The van der Waals surface area contributed by atoms with Gasteiger partial charge in [-0.1, -0.05) is 0 Å². The smallest absolute Gasteiger partial charge is 0.222 e. The van der Waals surface area contributed by atoms with Gasteiger partial charge in [0.1, 0.15) is 0 Å². The zero-order valence-electron chi connectivity index (χ0n) is 12.7. The van der Waals surface area contributed by atoms with Crippen molar-refractivity contribution in [2.24, 2.45) is 7.05 Å². The van der Waals surface area contributed by atoms with Gasteiger partial charge in [0.2, 0.25) is 5.91 Å². The fourth-order valence-electron chi connectivity index (χ4n) is 2.29. The molecular formula is C14H20BrN5O. The maximum absolute atomic E-state index is 12.0. The molecule has 1 N–H and O–H groups in total. The average molecular weight is 354 g/mol. The first-order valence-electron chi connectivity index (χ1n) is 6.86. The lowest BCUT2D eigenvalue weighted by atomic mass is 10.1. The fraction of sp³-hybridized carbons (Fsp3) is 0.500. The Balaban J connectivity index is 1.90. The van der Waals surface area contributed by atoms with E-state index in [9.17, 15) is 4.79 Å². The minimum Gasteiger partial charge on any atom is -0.349 e. The first-order valence-corrected chi connectivity index (χ1v) is 7.65. The highest BCUT2D eigenvalue weighted by atomic mass is 79.9. The quantitative estimate of drug-likeness (QED) is 0.896. The molecule has 6 nitrogen and oxygen atoms in total. The Hall–Kier alpha value is -1.63. The van der Waals surface area contributed by atoms with E-state index in [1.54, 1.807) is 10.9 Å². The van der Waals surface area contributed by atoms with E-state index in [0.717, 1.165) is 21.4 Å². The molecule has 0 fully saturated rings. The minimum atomic E-state index is -0.0448. The van der Waals surface area contributed by atoms with Crippen molar-refractivity contribution in [1.82, 2.24) is 24.9 Å². The Labute approximate surface area is 132 Å². The summed E-state index contributed by atoms with van der Waals surface area (Å²) in [7, 11) is 1.88. The summed E-state index contributed by atoms with van der Waals surface area (Å²) in [4.78, 5) is 12.0. The molecule has 0 aliphatic heterocycles. The number of amides is 1. The molecule has 2 rings (SSSR count). The van der Waals surface area contributed by atoms with E-state index in [-0.39, 0.29) is 11.9 Å². The molecule has 0 aromatic carbocycles. The van der Waals surface area contributed by atoms with Crippen molar-refractivity contribution < 1.29 is 4.79 Å². The number of aromatic nitrogens is 4. The molecule has 0 saturated heterocycles. The van der Waals surface area contributed by atoms with Gasteiger partial charge in [-0.25, -0.2) is 0 Å². The van der Waals surface area contributed by atoms with Gasteiger partial charge in [0, 0.05) is 37.5 Å². The number of halogens is 1. The molecule has 0 spiro atoms. The average Bonchev–Trinajstić information content (AvgIpc) is 2.91. The lowest BCUT2D eigenvalue weighted by Crippen LogP contribution is -2.27. The molecular weight excluding hydrogens is 334 g/mol. The standard InChI is InChI=1S/C14H20BrN5O/c1-9(12-8-19(4)18-10(12)2)17-14(21)5-6-20-11(3)13(15)7-16-20/h7-9H,5-6H2,1-4H3,(H,17,21). The number of hydrogen-bond donors (Lipinski definition) is 1. The normalized spacial score (nSPS) is 12.4. The maximum atomic E-state index is 12.0. The topological polar surface area (TPSA) is 64.7 Å². The van der Waals surface area contributed by atoms with Gasteiger partial charge in [-0.2, -0.15) is 10.2 Å². The molecule has 0 radical (unpaired) electrons. The Bertz CT molecular complexity index is 646. The molecule has 0 bridgehead atoms. The second-order valence-electron chi connectivity index (χ2n) is 5.18. The zero-order valence-corrected chi connectivity index (χ0v) is 14.3. The first-order chi connectivity index (χ1) is 9.88. The number of aryl methyl sites for hydroxylation is 3. The number of nitrogens with one attached hydrogen (secondary N) is 1. The number of nitrogens with zero attached hydrogens (tertiary/aromatic N) is 4. The summed E-state index contributed by atoms with van der Waals surface area (Å²) in [5, 5.41) is 11.5. The molecule has 0 saturated carbocycles. The summed E-state index contributed by atoms with van der Waals surface area (Å²) < 4.78 is 4.55. The van der Waals surface area contributed by atoms with Crippen molar-refractivity contribution >= 4 is 21.8 Å². The van der Waals surface area contributed by atoms with Gasteiger partial charge in [-0.05, 0) is 36.7 Å². The number of rotatable bonds is 5. The molecule has 1 atom stereocenters. The van der Waals surface area contributed by atoms with Gasteiger partial charge >= 0.3 is 0 Å². The Morgan fingerprint density at radius 3 is 2.71 bits per heavy atom. The van der Waals surface area contributed by atoms with Crippen LogP contribution in [0.3, 0.4) is 0 Å². The predicted octanol–water partition coefficient (Wildman–Crippen LogP) is 2.26. The second-order valence-corrected chi connectivity index (χ2v) is 6.04. The van der Waals surface area contributed by atoms with Crippen LogP contribution in [-0.2, 0) is 18.4 Å².